The second-order valence-electron chi connectivity index (χ2n) is 6.07. The molecule has 2 aliphatic heterocycles. The molecule has 130 valence electrons. The van der Waals surface area contributed by atoms with E-state index < -0.39 is 42.9 Å². The number of hydrogen-bond acceptors (Lipinski definition) is 6. The summed E-state index contributed by atoms with van der Waals surface area (Å²) in [5, 5.41) is 32.2. The maximum Gasteiger partial charge on any atom is 0.410 e. The van der Waals surface area contributed by atoms with E-state index >= 15 is 0 Å². The Kier molecular flexibility index (Phi) is 4.20. The molecule has 4 atom stereocenters. The van der Waals surface area contributed by atoms with Crippen molar-refractivity contribution in [1.82, 2.24) is 4.90 Å². The average Bonchev–Trinajstić information content (AvgIpc) is 3.10. The first-order chi connectivity index (χ1) is 11.5. The molecule has 4 N–H and O–H groups in total. The number of amides is 2. The zero-order valence-electron chi connectivity index (χ0n) is 13.2. The number of likely N-dealkylation sites (tertiary alicyclic amines) is 1. The van der Waals surface area contributed by atoms with Gasteiger partial charge in [0.1, 0.15) is 5.41 Å². The van der Waals surface area contributed by atoms with Crippen molar-refractivity contribution in [3.63, 3.8) is 0 Å². The van der Waals surface area contributed by atoms with Gasteiger partial charge in [0.15, 0.2) is 0 Å². The van der Waals surface area contributed by atoms with E-state index in [1.807, 2.05) is 0 Å². The van der Waals surface area contributed by atoms with Crippen molar-refractivity contribution in [2.45, 2.75) is 30.0 Å². The zero-order valence-corrected chi connectivity index (χ0v) is 13.2. The molecule has 8 heteroatoms. The molecule has 1 fully saturated rings. The monoisotopic (exact) mass is 336 g/mol. The Balaban J connectivity index is 2.15. The van der Waals surface area contributed by atoms with Crippen LogP contribution in [0.4, 0.5) is 10.5 Å². The van der Waals surface area contributed by atoms with Crippen LogP contribution in [0.2, 0.25) is 0 Å². The van der Waals surface area contributed by atoms with Gasteiger partial charge in [-0.25, -0.2) is 4.79 Å². The van der Waals surface area contributed by atoms with E-state index in [9.17, 15) is 24.9 Å². The molecule has 2 amide bonds. The lowest BCUT2D eigenvalue weighted by Gasteiger charge is -2.33. The molecule has 0 unspecified atom stereocenters. The molecule has 8 nitrogen and oxygen atoms in total. The van der Waals surface area contributed by atoms with Gasteiger partial charge in [0, 0.05) is 5.69 Å². The topological polar surface area (TPSA) is 119 Å². The van der Waals surface area contributed by atoms with Gasteiger partial charge in [0.05, 0.1) is 38.5 Å². The second kappa shape index (κ2) is 6.04. The molecule has 1 aromatic carbocycles. The molecule has 2 aliphatic rings. The smallest absolute Gasteiger partial charge is 0.410 e. The number of nitrogens with zero attached hydrogens (tertiary/aromatic N) is 1. The van der Waals surface area contributed by atoms with Crippen molar-refractivity contribution >= 4 is 17.7 Å². The summed E-state index contributed by atoms with van der Waals surface area (Å²) in [6, 6.07) is 5.30. The second-order valence-corrected chi connectivity index (χ2v) is 6.07. The molecule has 3 rings (SSSR count). The summed E-state index contributed by atoms with van der Waals surface area (Å²) < 4.78 is 4.77. The lowest BCUT2D eigenvalue weighted by atomic mass is 9.74. The first-order valence-corrected chi connectivity index (χ1v) is 7.68. The molecule has 0 aromatic heterocycles. The summed E-state index contributed by atoms with van der Waals surface area (Å²) in [5.41, 5.74) is 0.0841. The van der Waals surface area contributed by atoms with Gasteiger partial charge in [-0.05, 0) is 18.1 Å². The minimum Gasteiger partial charge on any atom is -0.453 e. The van der Waals surface area contributed by atoms with Gasteiger partial charge in [0.2, 0.25) is 5.91 Å². The summed E-state index contributed by atoms with van der Waals surface area (Å²) in [7, 11) is 1.19. The Morgan fingerprint density at radius 1 is 1.46 bits per heavy atom. The number of para-hydroxylation sites is 1. The van der Waals surface area contributed by atoms with Crippen LogP contribution in [0, 0.1) is 0 Å². The van der Waals surface area contributed by atoms with Crippen LogP contribution < -0.4 is 5.32 Å². The van der Waals surface area contributed by atoms with Gasteiger partial charge in [-0.1, -0.05) is 18.2 Å². The Morgan fingerprint density at radius 2 is 2.17 bits per heavy atom. The molecule has 1 spiro atoms. The van der Waals surface area contributed by atoms with Crippen molar-refractivity contribution in [2.24, 2.45) is 0 Å². The van der Waals surface area contributed by atoms with Crippen molar-refractivity contribution in [2.75, 3.05) is 25.6 Å². The van der Waals surface area contributed by atoms with Gasteiger partial charge in [-0.15, -0.1) is 0 Å². The molecule has 1 saturated heterocycles. The first kappa shape index (κ1) is 16.7. The van der Waals surface area contributed by atoms with Crippen LogP contribution in [0.15, 0.2) is 24.3 Å². The van der Waals surface area contributed by atoms with Crippen LogP contribution in [-0.4, -0.2) is 70.7 Å². The van der Waals surface area contributed by atoms with E-state index in [0.717, 1.165) is 0 Å². The summed E-state index contributed by atoms with van der Waals surface area (Å²) in [6.07, 6.45) is -1.93. The molecule has 1 aromatic rings. The number of nitrogens with one attached hydrogen (secondary N) is 1. The van der Waals surface area contributed by atoms with E-state index in [1.54, 1.807) is 24.3 Å². The van der Waals surface area contributed by atoms with Gasteiger partial charge >= 0.3 is 6.09 Å². The number of anilines is 1. The highest BCUT2D eigenvalue weighted by Crippen LogP contribution is 2.50. The fourth-order valence-electron chi connectivity index (χ4n) is 3.96. The third-order valence-corrected chi connectivity index (χ3v) is 5.04. The minimum absolute atomic E-state index is 0.0813. The average molecular weight is 336 g/mol. The molecular formula is C16H20N2O6. The van der Waals surface area contributed by atoms with Gasteiger partial charge in [0.25, 0.3) is 0 Å². The predicted octanol–water partition coefficient (Wildman–Crippen LogP) is -0.569. The minimum atomic E-state index is -1.25. The van der Waals surface area contributed by atoms with Crippen LogP contribution in [0.25, 0.3) is 0 Å². The van der Waals surface area contributed by atoms with Crippen molar-refractivity contribution in [3.8, 4) is 0 Å². The number of fused-ring (bicyclic) bond motifs is 2. The van der Waals surface area contributed by atoms with Crippen LogP contribution in [-0.2, 0) is 14.9 Å². The SMILES string of the molecule is COC(=O)N1[C@@H](CO)[C@@]2(C[C@H]1[C@@H](O)CO)C(=O)Nc1ccccc12. The van der Waals surface area contributed by atoms with E-state index in [4.69, 9.17) is 4.74 Å². The predicted molar refractivity (Wildman–Crippen MR) is 83.4 cm³/mol. The summed E-state index contributed by atoms with van der Waals surface area (Å²) in [6.45, 7) is -1.05. The van der Waals surface area contributed by atoms with Crippen molar-refractivity contribution in [3.05, 3.63) is 29.8 Å². The van der Waals surface area contributed by atoms with Crippen molar-refractivity contribution in [1.29, 1.82) is 0 Å². The summed E-state index contributed by atoms with van der Waals surface area (Å²) in [5.74, 6) is -0.343. The largest absolute Gasteiger partial charge is 0.453 e. The number of aliphatic hydroxyl groups is 3. The molecule has 0 bridgehead atoms. The number of methoxy groups -OCH3 is 1. The zero-order chi connectivity index (χ0) is 17.5. The Labute approximate surface area is 138 Å². The Bertz CT molecular complexity index is 666. The standard InChI is InChI=1S/C16H20N2O6/c1-24-15(23)18-11(12(21)7-19)6-16(13(18)8-20)9-4-2-3-5-10(9)17-14(16)22/h2-5,11-13,19-21H,6-8H2,1H3,(H,17,22)/t11-,12-,13-,16-/m0/s1. The van der Waals surface area contributed by atoms with Gasteiger partial charge in [-0.3, -0.25) is 9.69 Å². The van der Waals surface area contributed by atoms with Gasteiger partial charge < -0.3 is 25.4 Å². The normalized spacial score (nSPS) is 29.5. The van der Waals surface area contributed by atoms with E-state index in [0.29, 0.717) is 11.3 Å². The van der Waals surface area contributed by atoms with Crippen LogP contribution in [0.3, 0.4) is 0 Å². The maximum atomic E-state index is 12.8. The fraction of sp³-hybridized carbons (Fsp3) is 0.500. The number of ether oxygens (including phenoxy) is 1. The summed E-state index contributed by atoms with van der Waals surface area (Å²) in [4.78, 5) is 26.2. The van der Waals surface area contributed by atoms with Crippen LogP contribution >= 0.6 is 0 Å². The van der Waals surface area contributed by atoms with Gasteiger partial charge in [-0.2, -0.15) is 0 Å². The third-order valence-electron chi connectivity index (χ3n) is 5.04. The third kappa shape index (κ3) is 2.10. The number of carbonyl (C=O) groups is 2. The number of aliphatic hydroxyl groups excluding tert-OH is 3. The van der Waals surface area contributed by atoms with Crippen molar-refractivity contribution < 1.29 is 29.6 Å². The van der Waals surface area contributed by atoms with E-state index in [2.05, 4.69) is 5.32 Å². The number of benzene rings is 1. The lowest BCUT2D eigenvalue weighted by molar-refractivity contribution is -0.122. The fourth-order valence-corrected chi connectivity index (χ4v) is 3.96. The highest BCUT2D eigenvalue weighted by atomic mass is 16.5. The Morgan fingerprint density at radius 3 is 2.79 bits per heavy atom. The van der Waals surface area contributed by atoms with Crippen LogP contribution in [0.1, 0.15) is 12.0 Å². The highest BCUT2D eigenvalue weighted by Gasteiger charge is 2.63. The first-order valence-electron chi connectivity index (χ1n) is 7.68. The van der Waals surface area contributed by atoms with Crippen LogP contribution in [0.5, 0.6) is 0 Å². The Hall–Kier alpha value is -2.16. The quantitative estimate of drug-likeness (QED) is 0.587. The van der Waals surface area contributed by atoms with E-state index in [-0.39, 0.29) is 12.3 Å². The molecule has 0 aliphatic carbocycles. The molecule has 0 radical (unpaired) electrons. The molecule has 2 heterocycles. The number of carbonyl (C=O) groups excluding carboxylic acids is 2. The highest BCUT2D eigenvalue weighted by molar-refractivity contribution is 6.07. The summed E-state index contributed by atoms with van der Waals surface area (Å²) >= 11 is 0. The van der Waals surface area contributed by atoms with E-state index in [1.165, 1.54) is 12.0 Å². The number of hydrogen-bond donors (Lipinski definition) is 4. The maximum absolute atomic E-state index is 12.8. The molecule has 0 saturated carbocycles. The number of rotatable bonds is 3. The molecule has 24 heavy (non-hydrogen) atoms. The molecular weight excluding hydrogens is 316 g/mol. The lowest BCUT2D eigenvalue weighted by Crippen LogP contribution is -2.53.